The third-order valence-corrected chi connectivity index (χ3v) is 3.21. The first-order valence-corrected chi connectivity index (χ1v) is 6.09. The van der Waals surface area contributed by atoms with Gasteiger partial charge in [-0.3, -0.25) is 0 Å². The summed E-state index contributed by atoms with van der Waals surface area (Å²) in [5, 5.41) is 9.22. The molecule has 0 spiro atoms. The van der Waals surface area contributed by atoms with Crippen molar-refractivity contribution in [2.24, 2.45) is 0 Å². The van der Waals surface area contributed by atoms with E-state index < -0.39 is 5.97 Å². The highest BCUT2D eigenvalue weighted by Gasteiger charge is 2.16. The number of benzene rings is 1. The van der Waals surface area contributed by atoms with E-state index in [4.69, 9.17) is 4.42 Å². The number of carboxylic acids is 1. The molecule has 0 radical (unpaired) electrons. The lowest BCUT2D eigenvalue weighted by Gasteiger charge is -2.07. The van der Waals surface area contributed by atoms with Crippen LogP contribution in [0.5, 0.6) is 0 Å². The summed E-state index contributed by atoms with van der Waals surface area (Å²) in [6, 6.07) is 13.4. The van der Waals surface area contributed by atoms with E-state index in [2.05, 4.69) is 0 Å². The lowest BCUT2D eigenvalue weighted by Crippen LogP contribution is -2.09. The van der Waals surface area contributed by atoms with Crippen LogP contribution < -0.4 is 0 Å². The standard InChI is InChI=1S/C15H13NO3/c17-15(18)13-10-14-12(7-9-19-14)16(13)8-6-11-4-2-1-3-5-11/h1-5,7,9-10H,6,8H2,(H,17,18). The minimum Gasteiger partial charge on any atom is -0.477 e. The molecule has 0 amide bonds. The van der Waals surface area contributed by atoms with Crippen molar-refractivity contribution in [3.63, 3.8) is 0 Å². The second-order valence-corrected chi connectivity index (χ2v) is 4.39. The zero-order chi connectivity index (χ0) is 13.2. The quantitative estimate of drug-likeness (QED) is 0.779. The van der Waals surface area contributed by atoms with Gasteiger partial charge in [0.05, 0.1) is 11.8 Å². The summed E-state index contributed by atoms with van der Waals surface area (Å²) in [6.45, 7) is 0.620. The Kier molecular flexibility index (Phi) is 2.83. The van der Waals surface area contributed by atoms with Crippen molar-refractivity contribution >= 4 is 17.1 Å². The minimum atomic E-state index is -0.931. The molecular formula is C15H13NO3. The Morgan fingerprint density at radius 3 is 2.74 bits per heavy atom. The molecule has 3 aromatic rings. The van der Waals surface area contributed by atoms with Crippen LogP contribution in [0.25, 0.3) is 11.1 Å². The van der Waals surface area contributed by atoms with Crippen molar-refractivity contribution in [3.05, 3.63) is 60.0 Å². The SMILES string of the molecule is O=C(O)c1cc2occc2n1CCc1ccccc1. The number of hydrogen-bond acceptors (Lipinski definition) is 2. The Bertz CT molecular complexity index is 709. The Balaban J connectivity index is 1.92. The normalized spacial score (nSPS) is 10.9. The summed E-state index contributed by atoms with van der Waals surface area (Å²) >= 11 is 0. The summed E-state index contributed by atoms with van der Waals surface area (Å²) in [4.78, 5) is 11.2. The number of fused-ring (bicyclic) bond motifs is 1. The highest BCUT2D eigenvalue weighted by molar-refractivity contribution is 5.92. The summed E-state index contributed by atoms with van der Waals surface area (Å²) in [6.07, 6.45) is 2.37. The second kappa shape index (κ2) is 4.65. The maximum Gasteiger partial charge on any atom is 0.352 e. The van der Waals surface area contributed by atoms with Gasteiger partial charge in [0.25, 0.3) is 0 Å². The molecule has 0 unspecified atom stereocenters. The van der Waals surface area contributed by atoms with E-state index in [0.29, 0.717) is 12.1 Å². The van der Waals surface area contributed by atoms with Crippen LogP contribution in [0.3, 0.4) is 0 Å². The van der Waals surface area contributed by atoms with Crippen LogP contribution in [0.4, 0.5) is 0 Å². The fourth-order valence-corrected chi connectivity index (χ4v) is 2.28. The van der Waals surface area contributed by atoms with Gasteiger partial charge in [-0.2, -0.15) is 0 Å². The molecule has 0 saturated carbocycles. The molecule has 1 N–H and O–H groups in total. The highest BCUT2D eigenvalue weighted by Crippen LogP contribution is 2.21. The molecule has 2 aromatic heterocycles. The molecule has 0 aliphatic heterocycles. The van der Waals surface area contributed by atoms with Crippen molar-refractivity contribution in [2.75, 3.05) is 0 Å². The molecule has 19 heavy (non-hydrogen) atoms. The van der Waals surface area contributed by atoms with Gasteiger partial charge < -0.3 is 14.1 Å². The van der Waals surface area contributed by atoms with Gasteiger partial charge in [0.15, 0.2) is 5.58 Å². The first kappa shape index (κ1) is 11.6. The Morgan fingerprint density at radius 2 is 2.00 bits per heavy atom. The average Bonchev–Trinajstić information content (AvgIpc) is 2.98. The fraction of sp³-hybridized carbons (Fsp3) is 0.133. The molecule has 4 nitrogen and oxygen atoms in total. The van der Waals surface area contributed by atoms with Crippen LogP contribution in [0.1, 0.15) is 16.1 Å². The predicted octanol–water partition coefficient (Wildman–Crippen LogP) is 3.18. The van der Waals surface area contributed by atoms with Gasteiger partial charge in [0.1, 0.15) is 5.69 Å². The maximum atomic E-state index is 11.2. The van der Waals surface area contributed by atoms with Gasteiger partial charge in [-0.1, -0.05) is 30.3 Å². The molecule has 1 aromatic carbocycles. The molecular weight excluding hydrogens is 242 g/mol. The number of rotatable bonds is 4. The Hall–Kier alpha value is -2.49. The van der Waals surface area contributed by atoms with E-state index in [-0.39, 0.29) is 5.69 Å². The van der Waals surface area contributed by atoms with Crippen LogP contribution in [0.2, 0.25) is 0 Å². The van der Waals surface area contributed by atoms with Crippen molar-refractivity contribution in [2.45, 2.75) is 13.0 Å². The average molecular weight is 255 g/mol. The number of furan rings is 1. The van der Waals surface area contributed by atoms with Crippen LogP contribution in [0, 0.1) is 0 Å². The Morgan fingerprint density at radius 1 is 1.21 bits per heavy atom. The lowest BCUT2D eigenvalue weighted by atomic mass is 10.1. The number of aromatic carboxylic acids is 1. The molecule has 0 fully saturated rings. The van der Waals surface area contributed by atoms with Gasteiger partial charge in [-0.25, -0.2) is 4.79 Å². The largest absolute Gasteiger partial charge is 0.477 e. The van der Waals surface area contributed by atoms with Crippen LogP contribution in [0.15, 0.2) is 53.1 Å². The van der Waals surface area contributed by atoms with Gasteiger partial charge in [0, 0.05) is 18.7 Å². The summed E-state index contributed by atoms with van der Waals surface area (Å²) < 4.78 is 7.04. The molecule has 0 bridgehead atoms. The van der Waals surface area contributed by atoms with Crippen LogP contribution >= 0.6 is 0 Å². The summed E-state index contributed by atoms with van der Waals surface area (Å²) in [5.41, 5.74) is 2.90. The zero-order valence-electron chi connectivity index (χ0n) is 10.2. The third kappa shape index (κ3) is 2.12. The summed E-state index contributed by atoms with van der Waals surface area (Å²) in [7, 11) is 0. The molecule has 0 aliphatic rings. The molecule has 0 atom stereocenters. The number of carboxylic acid groups (broad SMARTS) is 1. The molecule has 4 heteroatoms. The third-order valence-electron chi connectivity index (χ3n) is 3.21. The first-order valence-electron chi connectivity index (χ1n) is 6.09. The fourth-order valence-electron chi connectivity index (χ4n) is 2.28. The number of nitrogens with zero attached hydrogens (tertiary/aromatic N) is 1. The first-order chi connectivity index (χ1) is 9.25. The van der Waals surface area contributed by atoms with E-state index in [9.17, 15) is 9.90 Å². The van der Waals surface area contributed by atoms with Crippen molar-refractivity contribution in [1.82, 2.24) is 4.57 Å². The van der Waals surface area contributed by atoms with E-state index in [0.717, 1.165) is 11.9 Å². The van der Waals surface area contributed by atoms with Crippen LogP contribution in [-0.2, 0) is 13.0 Å². The number of aryl methyl sites for hydroxylation is 2. The van der Waals surface area contributed by atoms with Crippen molar-refractivity contribution in [1.29, 1.82) is 0 Å². The Labute approximate surface area is 109 Å². The smallest absolute Gasteiger partial charge is 0.352 e. The van der Waals surface area contributed by atoms with Gasteiger partial charge in [-0.15, -0.1) is 0 Å². The summed E-state index contributed by atoms with van der Waals surface area (Å²) in [5.74, 6) is -0.931. The second-order valence-electron chi connectivity index (χ2n) is 4.39. The van der Waals surface area contributed by atoms with Gasteiger partial charge in [-0.05, 0) is 12.0 Å². The van der Waals surface area contributed by atoms with Gasteiger partial charge in [0.2, 0.25) is 0 Å². The molecule has 0 aliphatic carbocycles. The molecule has 96 valence electrons. The minimum absolute atomic E-state index is 0.269. The van der Waals surface area contributed by atoms with E-state index in [1.165, 1.54) is 5.56 Å². The maximum absolute atomic E-state index is 11.2. The topological polar surface area (TPSA) is 55.4 Å². The molecule has 3 rings (SSSR count). The zero-order valence-corrected chi connectivity index (χ0v) is 10.2. The van der Waals surface area contributed by atoms with E-state index in [1.54, 1.807) is 23.0 Å². The number of hydrogen-bond donors (Lipinski definition) is 1. The highest BCUT2D eigenvalue weighted by atomic mass is 16.4. The molecule has 0 saturated heterocycles. The van der Waals surface area contributed by atoms with Crippen LogP contribution in [-0.4, -0.2) is 15.6 Å². The predicted molar refractivity (Wildman–Crippen MR) is 71.3 cm³/mol. The van der Waals surface area contributed by atoms with Gasteiger partial charge >= 0.3 is 5.97 Å². The number of carbonyl (C=O) groups is 1. The monoisotopic (exact) mass is 255 g/mol. The lowest BCUT2D eigenvalue weighted by molar-refractivity contribution is 0.0685. The number of aromatic nitrogens is 1. The van der Waals surface area contributed by atoms with Crippen molar-refractivity contribution in [3.8, 4) is 0 Å². The van der Waals surface area contributed by atoms with E-state index >= 15 is 0 Å². The van der Waals surface area contributed by atoms with E-state index in [1.807, 2.05) is 30.3 Å². The van der Waals surface area contributed by atoms with Crippen molar-refractivity contribution < 1.29 is 14.3 Å². The molecule has 2 heterocycles.